The highest BCUT2D eigenvalue weighted by Gasteiger charge is 2.35. The summed E-state index contributed by atoms with van der Waals surface area (Å²) in [6.07, 6.45) is 0.495. The normalized spacial score (nSPS) is 17.6. The Morgan fingerprint density at radius 3 is 2.32 bits per heavy atom. The summed E-state index contributed by atoms with van der Waals surface area (Å²) in [5.41, 5.74) is 2.44. The van der Waals surface area contributed by atoms with Gasteiger partial charge in [0.15, 0.2) is 0 Å². The summed E-state index contributed by atoms with van der Waals surface area (Å²) in [5.74, 6) is 1.62. The van der Waals surface area contributed by atoms with Gasteiger partial charge in [0.25, 0.3) is 5.91 Å². The third-order valence-electron chi connectivity index (χ3n) is 6.95. The van der Waals surface area contributed by atoms with E-state index < -0.39 is 0 Å². The molecule has 2 aromatic carbocycles. The Labute approximate surface area is 223 Å². The number of carbonyl (C=O) groups excluding carboxylic acids is 2. The number of morpholine rings is 1. The lowest BCUT2D eigenvalue weighted by Gasteiger charge is -2.30. The van der Waals surface area contributed by atoms with Crippen LogP contribution in [-0.4, -0.2) is 99.6 Å². The minimum absolute atomic E-state index is 0.0527. The van der Waals surface area contributed by atoms with E-state index in [4.69, 9.17) is 24.0 Å². The molecule has 2 aliphatic heterocycles. The number of rotatable bonds is 10. The van der Waals surface area contributed by atoms with E-state index in [1.807, 2.05) is 36.4 Å². The van der Waals surface area contributed by atoms with Crippen molar-refractivity contribution < 1.29 is 28.5 Å². The molecule has 0 bridgehead atoms. The van der Waals surface area contributed by atoms with Gasteiger partial charge in [-0.2, -0.15) is 5.10 Å². The van der Waals surface area contributed by atoms with Gasteiger partial charge in [0.05, 0.1) is 46.3 Å². The standard InChI is InChI=1S/C28H36N4O6/c1-20(33)31(12-11-30-13-15-38-16-14-30)19-28(34)32-26(21-5-7-22(35-2)8-6-21)18-25(29-32)24-10-9-23(36-3)17-27(24)37-4/h5-10,17,26H,11-16,18-19H2,1-4H3/t26-/m0/s1. The van der Waals surface area contributed by atoms with Crippen molar-refractivity contribution in [1.29, 1.82) is 0 Å². The Morgan fingerprint density at radius 1 is 1.00 bits per heavy atom. The number of hydrazone groups is 1. The molecule has 2 aromatic rings. The molecule has 0 aromatic heterocycles. The molecular weight excluding hydrogens is 488 g/mol. The van der Waals surface area contributed by atoms with Crippen molar-refractivity contribution >= 4 is 17.5 Å². The van der Waals surface area contributed by atoms with Crippen molar-refractivity contribution in [3.63, 3.8) is 0 Å². The van der Waals surface area contributed by atoms with Crippen molar-refractivity contribution in [3.8, 4) is 17.2 Å². The first-order valence-corrected chi connectivity index (χ1v) is 12.7. The Bertz CT molecular complexity index is 1150. The minimum atomic E-state index is -0.330. The summed E-state index contributed by atoms with van der Waals surface area (Å²) in [7, 11) is 4.81. The summed E-state index contributed by atoms with van der Waals surface area (Å²) in [4.78, 5) is 29.9. The van der Waals surface area contributed by atoms with Crippen LogP contribution >= 0.6 is 0 Å². The van der Waals surface area contributed by atoms with E-state index in [0.29, 0.717) is 44.2 Å². The van der Waals surface area contributed by atoms with E-state index in [1.165, 1.54) is 11.9 Å². The molecule has 1 fully saturated rings. The zero-order chi connectivity index (χ0) is 27.1. The van der Waals surface area contributed by atoms with Crippen LogP contribution in [0, 0.1) is 0 Å². The maximum atomic E-state index is 13.7. The number of hydrogen-bond acceptors (Lipinski definition) is 8. The topological polar surface area (TPSA) is 93.1 Å². The fraction of sp³-hybridized carbons (Fsp3) is 0.464. The Hall–Kier alpha value is -3.63. The highest BCUT2D eigenvalue weighted by molar-refractivity contribution is 6.05. The molecule has 0 aliphatic carbocycles. The molecule has 2 amide bonds. The Balaban J connectivity index is 1.58. The van der Waals surface area contributed by atoms with Gasteiger partial charge in [0.2, 0.25) is 5.91 Å². The number of ether oxygens (including phenoxy) is 4. The summed E-state index contributed by atoms with van der Waals surface area (Å²) in [6, 6.07) is 12.8. The summed E-state index contributed by atoms with van der Waals surface area (Å²) < 4.78 is 21.7. The lowest BCUT2D eigenvalue weighted by Crippen LogP contribution is -2.45. The van der Waals surface area contributed by atoms with Crippen LogP contribution in [-0.2, 0) is 14.3 Å². The van der Waals surface area contributed by atoms with Crippen molar-refractivity contribution in [2.45, 2.75) is 19.4 Å². The van der Waals surface area contributed by atoms with Crippen LogP contribution in [0.2, 0.25) is 0 Å². The number of carbonyl (C=O) groups is 2. The molecule has 0 N–H and O–H groups in total. The minimum Gasteiger partial charge on any atom is -0.497 e. The van der Waals surface area contributed by atoms with Crippen LogP contribution < -0.4 is 14.2 Å². The predicted octanol–water partition coefficient (Wildman–Crippen LogP) is 2.57. The second-order valence-corrected chi connectivity index (χ2v) is 9.24. The second kappa shape index (κ2) is 12.7. The van der Waals surface area contributed by atoms with E-state index in [0.717, 1.165) is 35.7 Å². The van der Waals surface area contributed by atoms with Gasteiger partial charge in [-0.1, -0.05) is 12.1 Å². The van der Waals surface area contributed by atoms with Crippen LogP contribution in [0.25, 0.3) is 0 Å². The first kappa shape index (κ1) is 27.4. The van der Waals surface area contributed by atoms with Gasteiger partial charge >= 0.3 is 0 Å². The summed E-state index contributed by atoms with van der Waals surface area (Å²) in [5, 5.41) is 6.27. The molecule has 2 heterocycles. The van der Waals surface area contributed by atoms with E-state index in [2.05, 4.69) is 4.90 Å². The molecule has 4 rings (SSSR count). The first-order chi connectivity index (χ1) is 18.4. The highest BCUT2D eigenvalue weighted by Crippen LogP contribution is 2.36. The molecule has 2 aliphatic rings. The van der Waals surface area contributed by atoms with Gasteiger partial charge in [-0.05, 0) is 29.8 Å². The van der Waals surface area contributed by atoms with Crippen LogP contribution in [0.4, 0.5) is 0 Å². The Kier molecular flexibility index (Phi) is 9.19. The van der Waals surface area contributed by atoms with Crippen molar-refractivity contribution in [2.75, 3.05) is 67.3 Å². The van der Waals surface area contributed by atoms with Crippen LogP contribution in [0.15, 0.2) is 47.6 Å². The molecule has 0 radical (unpaired) electrons. The van der Waals surface area contributed by atoms with E-state index in [9.17, 15) is 9.59 Å². The lowest BCUT2D eigenvalue weighted by atomic mass is 9.97. The lowest BCUT2D eigenvalue weighted by molar-refractivity contribution is -0.140. The summed E-state index contributed by atoms with van der Waals surface area (Å²) in [6.45, 7) is 5.61. The molecule has 0 saturated carbocycles. The largest absolute Gasteiger partial charge is 0.497 e. The molecule has 0 spiro atoms. The van der Waals surface area contributed by atoms with Gasteiger partial charge in [-0.3, -0.25) is 14.5 Å². The summed E-state index contributed by atoms with van der Waals surface area (Å²) >= 11 is 0. The molecule has 38 heavy (non-hydrogen) atoms. The van der Waals surface area contributed by atoms with E-state index >= 15 is 0 Å². The predicted molar refractivity (Wildman–Crippen MR) is 143 cm³/mol. The number of benzene rings is 2. The first-order valence-electron chi connectivity index (χ1n) is 12.7. The molecule has 1 atom stereocenters. The van der Waals surface area contributed by atoms with E-state index in [1.54, 1.807) is 32.3 Å². The Morgan fingerprint density at radius 2 is 1.68 bits per heavy atom. The third-order valence-corrected chi connectivity index (χ3v) is 6.95. The zero-order valence-electron chi connectivity index (χ0n) is 22.5. The van der Waals surface area contributed by atoms with Crippen LogP contribution in [0.1, 0.15) is 30.5 Å². The molecular formula is C28H36N4O6. The SMILES string of the molecule is COc1ccc([C@@H]2CC(c3ccc(OC)cc3OC)=NN2C(=O)CN(CCN2CCOCC2)C(C)=O)cc1. The van der Waals surface area contributed by atoms with Gasteiger partial charge in [-0.15, -0.1) is 0 Å². The maximum absolute atomic E-state index is 13.7. The number of hydrogen-bond donors (Lipinski definition) is 0. The molecule has 10 nitrogen and oxygen atoms in total. The molecule has 0 unspecified atom stereocenters. The van der Waals surface area contributed by atoms with Crippen molar-refractivity contribution in [2.24, 2.45) is 5.10 Å². The van der Waals surface area contributed by atoms with E-state index in [-0.39, 0.29) is 24.4 Å². The fourth-order valence-corrected chi connectivity index (χ4v) is 4.70. The highest BCUT2D eigenvalue weighted by atomic mass is 16.5. The monoisotopic (exact) mass is 524 g/mol. The number of nitrogens with zero attached hydrogens (tertiary/aromatic N) is 4. The van der Waals surface area contributed by atoms with Crippen LogP contribution in [0.5, 0.6) is 17.2 Å². The quantitative estimate of drug-likeness (QED) is 0.472. The average molecular weight is 525 g/mol. The van der Waals surface area contributed by atoms with Gasteiger partial charge < -0.3 is 23.8 Å². The van der Waals surface area contributed by atoms with Crippen molar-refractivity contribution in [1.82, 2.24) is 14.8 Å². The number of amides is 2. The molecule has 1 saturated heterocycles. The van der Waals surface area contributed by atoms with Crippen molar-refractivity contribution in [3.05, 3.63) is 53.6 Å². The van der Waals surface area contributed by atoms with Crippen LogP contribution in [0.3, 0.4) is 0 Å². The third kappa shape index (κ3) is 6.43. The fourth-order valence-electron chi connectivity index (χ4n) is 4.70. The second-order valence-electron chi connectivity index (χ2n) is 9.24. The number of methoxy groups -OCH3 is 3. The molecule has 10 heteroatoms. The van der Waals surface area contributed by atoms with Gasteiger partial charge in [0, 0.05) is 51.2 Å². The van der Waals surface area contributed by atoms with Gasteiger partial charge in [0.1, 0.15) is 23.8 Å². The van der Waals surface area contributed by atoms with Gasteiger partial charge in [-0.25, -0.2) is 5.01 Å². The average Bonchev–Trinajstić information content (AvgIpc) is 3.40. The molecule has 204 valence electrons. The maximum Gasteiger partial charge on any atom is 0.262 e. The zero-order valence-corrected chi connectivity index (χ0v) is 22.5. The smallest absolute Gasteiger partial charge is 0.262 e.